The lowest BCUT2D eigenvalue weighted by Crippen LogP contribution is -2.62. The van der Waals surface area contributed by atoms with Crippen LogP contribution < -0.4 is 35.5 Å². The number of benzene rings is 2. The minimum Gasteiger partial charge on any atom is -0.493 e. The number of fused-ring (bicyclic) bond motifs is 1. The van der Waals surface area contributed by atoms with Crippen LogP contribution in [0.15, 0.2) is 42.5 Å². The van der Waals surface area contributed by atoms with Gasteiger partial charge in [0.2, 0.25) is 17.7 Å². The van der Waals surface area contributed by atoms with Crippen LogP contribution in [0.1, 0.15) is 88.1 Å². The molecule has 4 rings (SSSR count). The van der Waals surface area contributed by atoms with Crippen molar-refractivity contribution in [2.24, 2.45) is 5.92 Å². The SMILES string of the molecule is CCOc1ccc(CCCNC(=O)[C@@H]2CCC(=O)NC3(CCCCC3)C(=O)N[C@H](C(C)C)COc3ccccc3C(=O)N2)cc1OC. The van der Waals surface area contributed by atoms with Gasteiger partial charge in [-0.15, -0.1) is 0 Å². The number of hydrogen-bond acceptors (Lipinski definition) is 7. The number of hydrogen-bond donors (Lipinski definition) is 4. The highest BCUT2D eigenvalue weighted by molar-refractivity contribution is 6.00. The van der Waals surface area contributed by atoms with Gasteiger partial charge in [0.25, 0.3) is 5.91 Å². The third-order valence-electron chi connectivity index (χ3n) is 8.94. The Hall–Kier alpha value is -4.28. The quantitative estimate of drug-likeness (QED) is 0.300. The number of methoxy groups -OCH3 is 1. The second kappa shape index (κ2) is 17.0. The molecule has 11 heteroatoms. The molecule has 1 aliphatic heterocycles. The van der Waals surface area contributed by atoms with Gasteiger partial charge in [-0.3, -0.25) is 19.2 Å². The van der Waals surface area contributed by atoms with Crippen molar-refractivity contribution in [3.63, 3.8) is 0 Å². The first-order chi connectivity index (χ1) is 22.7. The lowest BCUT2D eigenvalue weighted by molar-refractivity contribution is -0.136. The molecule has 0 radical (unpaired) electrons. The van der Waals surface area contributed by atoms with Crippen LogP contribution in [-0.2, 0) is 20.8 Å². The van der Waals surface area contributed by atoms with E-state index >= 15 is 0 Å². The second-order valence-corrected chi connectivity index (χ2v) is 12.7. The minimum absolute atomic E-state index is 0.0366. The number of rotatable bonds is 9. The lowest BCUT2D eigenvalue weighted by Gasteiger charge is -2.38. The largest absolute Gasteiger partial charge is 0.493 e. The van der Waals surface area contributed by atoms with Crippen LogP contribution in [0.3, 0.4) is 0 Å². The molecule has 47 heavy (non-hydrogen) atoms. The molecule has 0 aromatic heterocycles. The number of aryl methyl sites for hydroxylation is 1. The van der Waals surface area contributed by atoms with Gasteiger partial charge in [0.1, 0.15) is 23.9 Å². The average molecular weight is 651 g/mol. The fourth-order valence-corrected chi connectivity index (χ4v) is 6.11. The van der Waals surface area contributed by atoms with E-state index in [1.807, 2.05) is 39.0 Å². The van der Waals surface area contributed by atoms with Gasteiger partial charge in [-0.1, -0.05) is 51.3 Å². The third kappa shape index (κ3) is 9.62. The zero-order valence-corrected chi connectivity index (χ0v) is 28.1. The molecule has 2 aromatic rings. The summed E-state index contributed by atoms with van der Waals surface area (Å²) in [6.45, 7) is 6.94. The van der Waals surface area contributed by atoms with Gasteiger partial charge >= 0.3 is 0 Å². The maximum Gasteiger partial charge on any atom is 0.255 e. The summed E-state index contributed by atoms with van der Waals surface area (Å²) in [6.07, 6.45) is 5.10. The molecule has 11 nitrogen and oxygen atoms in total. The van der Waals surface area contributed by atoms with Crippen molar-refractivity contribution in [3.05, 3.63) is 53.6 Å². The number of carbonyl (C=O) groups excluding carboxylic acids is 4. The zero-order chi connectivity index (χ0) is 33.8. The van der Waals surface area contributed by atoms with Gasteiger partial charge in [0.15, 0.2) is 11.5 Å². The number of para-hydroxylation sites is 1. The minimum atomic E-state index is -1.02. The van der Waals surface area contributed by atoms with Crippen LogP contribution in [0.25, 0.3) is 0 Å². The molecule has 1 aliphatic carbocycles. The second-order valence-electron chi connectivity index (χ2n) is 12.7. The van der Waals surface area contributed by atoms with Crippen molar-refractivity contribution < 1.29 is 33.4 Å². The van der Waals surface area contributed by atoms with Crippen LogP contribution in [0.2, 0.25) is 0 Å². The summed E-state index contributed by atoms with van der Waals surface area (Å²) >= 11 is 0. The van der Waals surface area contributed by atoms with Gasteiger partial charge in [-0.05, 0) is 74.8 Å². The number of amides is 4. The molecule has 256 valence electrons. The summed E-state index contributed by atoms with van der Waals surface area (Å²) in [6, 6.07) is 11.3. The molecule has 4 N–H and O–H groups in total. The first kappa shape index (κ1) is 35.6. The highest BCUT2D eigenvalue weighted by Gasteiger charge is 2.42. The number of nitrogens with one attached hydrogen (secondary N) is 4. The molecule has 4 amide bonds. The fraction of sp³-hybridized carbons (Fsp3) is 0.556. The summed E-state index contributed by atoms with van der Waals surface area (Å²) in [5.41, 5.74) is 0.285. The third-order valence-corrected chi connectivity index (χ3v) is 8.94. The Morgan fingerprint density at radius 1 is 1.04 bits per heavy atom. The van der Waals surface area contributed by atoms with E-state index in [-0.39, 0.29) is 54.7 Å². The predicted octanol–water partition coefficient (Wildman–Crippen LogP) is 4.07. The summed E-state index contributed by atoms with van der Waals surface area (Å²) in [4.78, 5) is 54.1. The highest BCUT2D eigenvalue weighted by Crippen LogP contribution is 2.30. The molecule has 1 saturated carbocycles. The van der Waals surface area contributed by atoms with E-state index in [0.29, 0.717) is 56.1 Å². The Kier molecular flexibility index (Phi) is 12.9. The average Bonchev–Trinajstić information content (AvgIpc) is 3.07. The van der Waals surface area contributed by atoms with Crippen molar-refractivity contribution in [1.82, 2.24) is 21.3 Å². The van der Waals surface area contributed by atoms with Crippen molar-refractivity contribution in [1.29, 1.82) is 0 Å². The molecule has 2 atom stereocenters. The van der Waals surface area contributed by atoms with Gasteiger partial charge in [0, 0.05) is 13.0 Å². The van der Waals surface area contributed by atoms with E-state index in [4.69, 9.17) is 14.2 Å². The van der Waals surface area contributed by atoms with Crippen LogP contribution in [0, 0.1) is 5.92 Å². The van der Waals surface area contributed by atoms with E-state index in [1.165, 1.54) is 0 Å². The molecule has 0 bridgehead atoms. The molecule has 0 unspecified atom stereocenters. The molecule has 1 fully saturated rings. The first-order valence-corrected chi connectivity index (χ1v) is 16.9. The number of ether oxygens (including phenoxy) is 3. The van der Waals surface area contributed by atoms with Gasteiger partial charge in [0.05, 0.1) is 25.3 Å². The molecule has 1 heterocycles. The van der Waals surface area contributed by atoms with Crippen LogP contribution in [-0.4, -0.2) is 68.1 Å². The maximum absolute atomic E-state index is 13.8. The maximum atomic E-state index is 13.8. The lowest BCUT2D eigenvalue weighted by atomic mass is 9.80. The zero-order valence-electron chi connectivity index (χ0n) is 28.1. The Morgan fingerprint density at radius 3 is 2.53 bits per heavy atom. The Morgan fingerprint density at radius 2 is 1.81 bits per heavy atom. The van der Waals surface area contributed by atoms with Crippen molar-refractivity contribution in [3.8, 4) is 17.2 Å². The topological polar surface area (TPSA) is 144 Å². The van der Waals surface area contributed by atoms with Gasteiger partial charge in [-0.2, -0.15) is 0 Å². The molecule has 0 saturated heterocycles. The van der Waals surface area contributed by atoms with Gasteiger partial charge in [-0.25, -0.2) is 0 Å². The van der Waals surface area contributed by atoms with Crippen LogP contribution in [0.4, 0.5) is 0 Å². The van der Waals surface area contributed by atoms with E-state index in [2.05, 4.69) is 21.3 Å². The van der Waals surface area contributed by atoms with E-state index in [1.54, 1.807) is 31.4 Å². The molecular weight excluding hydrogens is 600 g/mol. The summed E-state index contributed by atoms with van der Waals surface area (Å²) in [7, 11) is 1.60. The molecule has 2 aromatic carbocycles. The predicted molar refractivity (Wildman–Crippen MR) is 179 cm³/mol. The molecule has 2 aliphatic rings. The Labute approximate surface area is 277 Å². The van der Waals surface area contributed by atoms with E-state index in [9.17, 15) is 19.2 Å². The van der Waals surface area contributed by atoms with E-state index in [0.717, 1.165) is 24.8 Å². The Bertz CT molecular complexity index is 1390. The molecular formula is C36H50N4O7. The highest BCUT2D eigenvalue weighted by atomic mass is 16.5. The van der Waals surface area contributed by atoms with Crippen LogP contribution in [0.5, 0.6) is 17.2 Å². The monoisotopic (exact) mass is 650 g/mol. The summed E-state index contributed by atoms with van der Waals surface area (Å²) < 4.78 is 17.2. The summed E-state index contributed by atoms with van der Waals surface area (Å²) in [5.74, 6) is 0.312. The van der Waals surface area contributed by atoms with Crippen molar-refractivity contribution in [2.75, 3.05) is 26.9 Å². The van der Waals surface area contributed by atoms with Crippen LogP contribution >= 0.6 is 0 Å². The van der Waals surface area contributed by atoms with E-state index < -0.39 is 17.5 Å². The standard InChI is InChI=1S/C36H50N4O7/c1-5-46-30-17-15-25(22-31(30)45-4)12-11-21-37-34(43)27-16-18-32(41)40-36(19-9-6-10-20-36)35(44)39-28(24(2)3)23-47-29-14-8-7-13-26(29)33(42)38-27/h7-8,13-15,17,22,24,27-28H,5-6,9-12,16,18-21,23H2,1-4H3,(H,37,43)(H,38,42)(H,39,44)(H,40,41)/t27-,28-/m0/s1. The Balaban J connectivity index is 1.50. The summed E-state index contributed by atoms with van der Waals surface area (Å²) in [5, 5.41) is 11.9. The van der Waals surface area contributed by atoms with Crippen molar-refractivity contribution >= 4 is 23.6 Å². The fourth-order valence-electron chi connectivity index (χ4n) is 6.11. The first-order valence-electron chi connectivity index (χ1n) is 16.9. The van der Waals surface area contributed by atoms with Gasteiger partial charge < -0.3 is 35.5 Å². The normalized spacial score (nSPS) is 20.4. The molecule has 1 spiro atoms. The smallest absolute Gasteiger partial charge is 0.255 e. The van der Waals surface area contributed by atoms with Crippen molar-refractivity contribution in [2.45, 2.75) is 96.2 Å². The number of carbonyl (C=O) groups is 4.